The zero-order valence-corrected chi connectivity index (χ0v) is 6.09. The molecule has 0 bridgehead atoms. The van der Waals surface area contributed by atoms with E-state index in [0.717, 1.165) is 0 Å². The topological polar surface area (TPSA) is 39.7 Å². The van der Waals surface area contributed by atoms with Gasteiger partial charge in [-0.05, 0) is 13.8 Å². The molecule has 0 radical (unpaired) electrons. The Labute approximate surface area is 59.4 Å². The van der Waals surface area contributed by atoms with Gasteiger partial charge in [0.1, 0.15) is 6.10 Å². The first kappa shape index (κ1) is 6.54. The maximum Gasteiger partial charge on any atom is 0.165 e. The van der Waals surface area contributed by atoms with Crippen LogP contribution in [-0.2, 0) is 14.3 Å². The summed E-state index contributed by atoms with van der Waals surface area (Å²) >= 11 is 0. The smallest absolute Gasteiger partial charge is 0.165 e. The van der Waals surface area contributed by atoms with Gasteiger partial charge in [-0.3, -0.25) is 4.84 Å². The summed E-state index contributed by atoms with van der Waals surface area (Å²) in [7, 11) is 0. The van der Waals surface area contributed by atoms with Gasteiger partial charge in [-0.2, -0.15) is 5.48 Å². The van der Waals surface area contributed by atoms with Gasteiger partial charge in [-0.1, -0.05) is 0 Å². The number of hydroxylamine groups is 1. The van der Waals surface area contributed by atoms with Crippen molar-refractivity contribution >= 4 is 0 Å². The average molecular weight is 145 g/mol. The van der Waals surface area contributed by atoms with Crippen molar-refractivity contribution in [3.8, 4) is 0 Å². The molecule has 2 rings (SSSR count). The monoisotopic (exact) mass is 145 g/mol. The first-order chi connectivity index (χ1) is 4.67. The van der Waals surface area contributed by atoms with Crippen LogP contribution in [0.5, 0.6) is 0 Å². The Balaban J connectivity index is 2.07. The molecule has 0 aromatic heterocycles. The minimum Gasteiger partial charge on any atom is -0.340 e. The third-order valence-electron chi connectivity index (χ3n) is 1.63. The van der Waals surface area contributed by atoms with Crippen molar-refractivity contribution in [3.05, 3.63) is 0 Å². The highest BCUT2D eigenvalue weighted by atomic mass is 16.8. The van der Waals surface area contributed by atoms with E-state index in [1.807, 2.05) is 13.8 Å². The van der Waals surface area contributed by atoms with Crippen LogP contribution in [0.3, 0.4) is 0 Å². The van der Waals surface area contributed by atoms with Gasteiger partial charge >= 0.3 is 0 Å². The van der Waals surface area contributed by atoms with E-state index in [4.69, 9.17) is 14.3 Å². The molecule has 2 aliphatic heterocycles. The zero-order valence-electron chi connectivity index (χ0n) is 6.09. The molecule has 4 nitrogen and oxygen atoms in total. The molecule has 0 aliphatic carbocycles. The first-order valence-electron chi connectivity index (χ1n) is 3.40. The normalized spacial score (nSPS) is 43.8. The second-order valence-corrected chi connectivity index (χ2v) is 3.02. The van der Waals surface area contributed by atoms with Gasteiger partial charge < -0.3 is 9.47 Å². The van der Waals surface area contributed by atoms with E-state index in [1.165, 1.54) is 0 Å². The predicted molar refractivity (Wildman–Crippen MR) is 32.9 cm³/mol. The molecular formula is C6H11NO3. The molecule has 2 atom stereocenters. The summed E-state index contributed by atoms with van der Waals surface area (Å²) in [6.07, 6.45) is -0.00926. The molecule has 0 aromatic carbocycles. The Bertz CT molecular complexity index is 134. The maximum absolute atomic E-state index is 5.46. The van der Waals surface area contributed by atoms with Crippen molar-refractivity contribution in [2.75, 3.05) is 6.61 Å². The molecule has 4 heteroatoms. The lowest BCUT2D eigenvalue weighted by molar-refractivity contribution is -0.179. The van der Waals surface area contributed by atoms with E-state index in [9.17, 15) is 0 Å². The van der Waals surface area contributed by atoms with Crippen LogP contribution in [0, 0.1) is 0 Å². The Morgan fingerprint density at radius 2 is 2.20 bits per heavy atom. The Morgan fingerprint density at radius 3 is 2.90 bits per heavy atom. The lowest BCUT2D eigenvalue weighted by atomic mass is 10.4. The van der Waals surface area contributed by atoms with Crippen molar-refractivity contribution in [3.63, 3.8) is 0 Å². The molecule has 0 aromatic rings. The fraction of sp³-hybridized carbons (Fsp3) is 1.00. The molecule has 2 fully saturated rings. The molecular weight excluding hydrogens is 134 g/mol. The highest BCUT2D eigenvalue weighted by Gasteiger charge is 2.44. The van der Waals surface area contributed by atoms with Crippen LogP contribution in [0.25, 0.3) is 0 Å². The molecule has 0 saturated carbocycles. The Morgan fingerprint density at radius 1 is 1.40 bits per heavy atom. The molecule has 2 heterocycles. The molecule has 58 valence electrons. The number of rotatable bonds is 0. The lowest BCUT2D eigenvalue weighted by Crippen LogP contribution is -2.29. The molecule has 2 unspecified atom stereocenters. The number of hydrogen-bond donors (Lipinski definition) is 1. The van der Waals surface area contributed by atoms with Gasteiger partial charge in [-0.25, -0.2) is 0 Å². The van der Waals surface area contributed by atoms with Gasteiger partial charge in [0.05, 0.1) is 6.61 Å². The Hall–Kier alpha value is -0.160. The predicted octanol–water partition coefficient (Wildman–Crippen LogP) is -0.00120. The zero-order chi connectivity index (χ0) is 7.19. The quantitative estimate of drug-likeness (QED) is 0.520. The standard InChI is InChI=1S/C6H11NO3/c1-6(2)9-4-3-8-7-5(4)10-6/h4-5,7H,3H2,1-2H3. The molecule has 1 N–H and O–H groups in total. The Kier molecular flexibility index (Phi) is 1.25. The van der Waals surface area contributed by atoms with Crippen LogP contribution in [0.4, 0.5) is 0 Å². The van der Waals surface area contributed by atoms with Crippen LogP contribution in [0.15, 0.2) is 0 Å². The summed E-state index contributed by atoms with van der Waals surface area (Å²) in [5, 5.41) is 0. The van der Waals surface area contributed by atoms with Crippen LogP contribution in [0.1, 0.15) is 13.8 Å². The summed E-state index contributed by atoms with van der Waals surface area (Å²) in [5.74, 6) is -0.452. The molecule has 10 heavy (non-hydrogen) atoms. The average Bonchev–Trinajstić information content (AvgIpc) is 2.20. The summed E-state index contributed by atoms with van der Waals surface area (Å²) in [6.45, 7) is 4.37. The van der Waals surface area contributed by atoms with E-state index in [1.54, 1.807) is 0 Å². The third kappa shape index (κ3) is 0.932. The van der Waals surface area contributed by atoms with Gasteiger partial charge in [0.2, 0.25) is 0 Å². The van der Waals surface area contributed by atoms with E-state index in [0.29, 0.717) is 6.61 Å². The van der Waals surface area contributed by atoms with E-state index < -0.39 is 5.79 Å². The van der Waals surface area contributed by atoms with Crippen LogP contribution in [-0.4, -0.2) is 24.7 Å². The first-order valence-corrected chi connectivity index (χ1v) is 3.40. The van der Waals surface area contributed by atoms with Crippen LogP contribution in [0.2, 0.25) is 0 Å². The highest BCUT2D eigenvalue weighted by Crippen LogP contribution is 2.29. The summed E-state index contributed by atoms with van der Waals surface area (Å²) < 4.78 is 10.9. The largest absolute Gasteiger partial charge is 0.340 e. The van der Waals surface area contributed by atoms with Crippen molar-refractivity contribution in [2.45, 2.75) is 32.0 Å². The minimum absolute atomic E-state index is 0.0648. The third-order valence-corrected chi connectivity index (χ3v) is 1.63. The van der Waals surface area contributed by atoms with Gasteiger partial charge in [0.25, 0.3) is 0 Å². The molecule has 0 spiro atoms. The van der Waals surface area contributed by atoms with Crippen molar-refractivity contribution in [1.82, 2.24) is 5.48 Å². The minimum atomic E-state index is -0.452. The van der Waals surface area contributed by atoms with Crippen LogP contribution < -0.4 is 5.48 Å². The number of nitrogens with one attached hydrogen (secondary N) is 1. The number of fused-ring (bicyclic) bond motifs is 1. The van der Waals surface area contributed by atoms with Crippen molar-refractivity contribution < 1.29 is 14.3 Å². The van der Waals surface area contributed by atoms with Gasteiger partial charge in [0.15, 0.2) is 12.0 Å². The summed E-state index contributed by atoms with van der Waals surface area (Å²) in [4.78, 5) is 4.90. The fourth-order valence-electron chi connectivity index (χ4n) is 1.27. The van der Waals surface area contributed by atoms with Crippen molar-refractivity contribution in [1.29, 1.82) is 0 Å². The van der Waals surface area contributed by atoms with E-state index >= 15 is 0 Å². The SMILES string of the molecule is CC1(C)OC2CONC2O1. The van der Waals surface area contributed by atoms with Crippen LogP contribution >= 0.6 is 0 Å². The second kappa shape index (κ2) is 1.92. The molecule has 0 amide bonds. The number of hydrogen-bond acceptors (Lipinski definition) is 4. The highest BCUT2D eigenvalue weighted by molar-refractivity contribution is 4.80. The molecule has 2 aliphatic rings. The van der Waals surface area contributed by atoms with Gasteiger partial charge in [0, 0.05) is 0 Å². The second-order valence-electron chi connectivity index (χ2n) is 3.02. The summed E-state index contributed by atoms with van der Waals surface area (Å²) in [6, 6.07) is 0. The maximum atomic E-state index is 5.46. The van der Waals surface area contributed by atoms with Gasteiger partial charge in [-0.15, -0.1) is 0 Å². The lowest BCUT2D eigenvalue weighted by Gasteiger charge is -2.17. The number of ether oxygens (including phenoxy) is 2. The van der Waals surface area contributed by atoms with Crippen molar-refractivity contribution in [2.24, 2.45) is 0 Å². The molecule has 2 saturated heterocycles. The van der Waals surface area contributed by atoms with E-state index in [-0.39, 0.29) is 12.3 Å². The van der Waals surface area contributed by atoms with E-state index in [2.05, 4.69) is 5.48 Å². The summed E-state index contributed by atoms with van der Waals surface area (Å²) in [5.41, 5.74) is 2.73. The fourth-order valence-corrected chi connectivity index (χ4v) is 1.27.